The molecule has 1 N–H and O–H groups in total. The van der Waals surface area contributed by atoms with Gasteiger partial charge in [-0.25, -0.2) is 4.98 Å². The van der Waals surface area contributed by atoms with Crippen LogP contribution in [-0.4, -0.2) is 45.0 Å². The second-order valence-corrected chi connectivity index (χ2v) is 7.50. The number of thiazole rings is 1. The molecule has 0 bridgehead atoms. The SMILES string of the molecule is CCc1nnsc1C(=O)N(Cc1scnc1C)CC1CCNC1. The van der Waals surface area contributed by atoms with Crippen LogP contribution < -0.4 is 5.32 Å². The van der Waals surface area contributed by atoms with E-state index in [1.165, 1.54) is 11.5 Å². The van der Waals surface area contributed by atoms with E-state index in [1.54, 1.807) is 11.3 Å². The van der Waals surface area contributed by atoms with Gasteiger partial charge in [0.1, 0.15) is 4.88 Å². The minimum absolute atomic E-state index is 0.0524. The maximum absolute atomic E-state index is 13.0. The standard InChI is InChI=1S/C15H21N5OS2/c1-3-12-14(23-19-18-12)15(21)20(7-11-4-5-16-6-11)8-13-10(2)17-9-22-13/h9,11,16H,3-8H2,1-2H3. The molecule has 124 valence electrons. The minimum Gasteiger partial charge on any atom is -0.332 e. The van der Waals surface area contributed by atoms with Crippen LogP contribution in [0.5, 0.6) is 0 Å². The first-order chi connectivity index (χ1) is 11.2. The first-order valence-electron chi connectivity index (χ1n) is 7.89. The Morgan fingerprint density at radius 3 is 3.04 bits per heavy atom. The van der Waals surface area contributed by atoms with Crippen molar-refractivity contribution in [1.29, 1.82) is 0 Å². The van der Waals surface area contributed by atoms with Gasteiger partial charge in [0.2, 0.25) is 0 Å². The number of carbonyl (C=O) groups is 1. The molecule has 1 fully saturated rings. The van der Waals surface area contributed by atoms with Gasteiger partial charge in [-0.3, -0.25) is 4.79 Å². The summed E-state index contributed by atoms with van der Waals surface area (Å²) >= 11 is 2.82. The lowest BCUT2D eigenvalue weighted by atomic mass is 10.1. The maximum atomic E-state index is 13.0. The lowest BCUT2D eigenvalue weighted by Crippen LogP contribution is -2.35. The van der Waals surface area contributed by atoms with Crippen LogP contribution in [0.3, 0.4) is 0 Å². The molecular formula is C15H21N5OS2. The van der Waals surface area contributed by atoms with E-state index in [0.29, 0.717) is 17.3 Å². The molecule has 0 aliphatic carbocycles. The quantitative estimate of drug-likeness (QED) is 0.863. The first-order valence-corrected chi connectivity index (χ1v) is 9.54. The molecule has 1 atom stereocenters. The van der Waals surface area contributed by atoms with Gasteiger partial charge < -0.3 is 10.2 Å². The van der Waals surface area contributed by atoms with Crippen LogP contribution in [0.25, 0.3) is 0 Å². The van der Waals surface area contributed by atoms with Crippen LogP contribution in [-0.2, 0) is 13.0 Å². The van der Waals surface area contributed by atoms with E-state index in [9.17, 15) is 4.79 Å². The lowest BCUT2D eigenvalue weighted by Gasteiger charge is -2.25. The Morgan fingerprint density at radius 2 is 2.39 bits per heavy atom. The Morgan fingerprint density at radius 1 is 1.52 bits per heavy atom. The Kier molecular flexibility index (Phi) is 5.34. The van der Waals surface area contributed by atoms with Crippen molar-refractivity contribution >= 4 is 28.8 Å². The predicted molar refractivity (Wildman–Crippen MR) is 91.9 cm³/mol. The summed E-state index contributed by atoms with van der Waals surface area (Å²) < 4.78 is 3.96. The molecule has 1 amide bonds. The number of nitrogens with zero attached hydrogens (tertiary/aromatic N) is 4. The number of nitrogens with one attached hydrogen (secondary N) is 1. The van der Waals surface area contributed by atoms with E-state index < -0.39 is 0 Å². The van der Waals surface area contributed by atoms with Gasteiger partial charge in [0.15, 0.2) is 0 Å². The third-order valence-electron chi connectivity index (χ3n) is 4.19. The van der Waals surface area contributed by atoms with E-state index in [-0.39, 0.29) is 5.91 Å². The molecule has 0 radical (unpaired) electrons. The molecule has 1 aliphatic rings. The number of aryl methyl sites for hydroxylation is 2. The van der Waals surface area contributed by atoms with E-state index in [2.05, 4.69) is 19.9 Å². The molecule has 3 rings (SSSR count). The molecule has 3 heterocycles. The number of hydrogen-bond donors (Lipinski definition) is 1. The fraction of sp³-hybridized carbons (Fsp3) is 0.600. The van der Waals surface area contributed by atoms with Crippen molar-refractivity contribution in [3.63, 3.8) is 0 Å². The van der Waals surface area contributed by atoms with Crippen LogP contribution in [0.1, 0.15) is 39.3 Å². The predicted octanol–water partition coefficient (Wildman–Crippen LogP) is 2.12. The Balaban J connectivity index is 1.81. The maximum Gasteiger partial charge on any atom is 0.267 e. The summed E-state index contributed by atoms with van der Waals surface area (Å²) in [5.74, 6) is 0.565. The smallest absolute Gasteiger partial charge is 0.267 e. The molecule has 1 aliphatic heterocycles. The Bertz CT molecular complexity index is 662. The third-order valence-corrected chi connectivity index (χ3v) is 5.87. The molecule has 2 aromatic heterocycles. The molecule has 8 heteroatoms. The zero-order chi connectivity index (χ0) is 16.2. The van der Waals surface area contributed by atoms with Gasteiger partial charge in [0, 0.05) is 11.4 Å². The van der Waals surface area contributed by atoms with E-state index >= 15 is 0 Å². The number of aromatic nitrogens is 3. The summed E-state index contributed by atoms with van der Waals surface area (Å²) in [6.07, 6.45) is 1.85. The first kappa shape index (κ1) is 16.5. The molecule has 1 unspecified atom stereocenters. The van der Waals surface area contributed by atoms with Crippen LogP contribution in [0.15, 0.2) is 5.51 Å². The van der Waals surface area contributed by atoms with Gasteiger partial charge in [0.25, 0.3) is 5.91 Å². The Hall–Kier alpha value is -1.38. The van der Waals surface area contributed by atoms with E-state index in [0.717, 1.165) is 48.7 Å². The van der Waals surface area contributed by atoms with Crippen molar-refractivity contribution < 1.29 is 4.79 Å². The summed E-state index contributed by atoms with van der Waals surface area (Å²) in [5, 5.41) is 7.46. The topological polar surface area (TPSA) is 71.0 Å². The highest BCUT2D eigenvalue weighted by Gasteiger charge is 2.26. The van der Waals surface area contributed by atoms with Gasteiger partial charge in [-0.2, -0.15) is 0 Å². The molecule has 6 nitrogen and oxygen atoms in total. The molecule has 0 aromatic carbocycles. The minimum atomic E-state index is 0.0524. The number of hydrogen-bond acceptors (Lipinski definition) is 7. The lowest BCUT2D eigenvalue weighted by molar-refractivity contribution is 0.0724. The highest BCUT2D eigenvalue weighted by Crippen LogP contribution is 2.22. The summed E-state index contributed by atoms with van der Waals surface area (Å²) in [5.41, 5.74) is 3.65. The summed E-state index contributed by atoms with van der Waals surface area (Å²) in [4.78, 5) is 21.1. The fourth-order valence-corrected chi connectivity index (χ4v) is 4.31. The van der Waals surface area contributed by atoms with Crippen molar-refractivity contribution in [2.45, 2.75) is 33.2 Å². The third kappa shape index (κ3) is 3.76. The second kappa shape index (κ2) is 7.46. The van der Waals surface area contributed by atoms with Crippen molar-refractivity contribution in [1.82, 2.24) is 24.8 Å². The molecule has 0 spiro atoms. The second-order valence-electron chi connectivity index (χ2n) is 5.81. The van der Waals surface area contributed by atoms with Crippen LogP contribution in [0.4, 0.5) is 0 Å². The van der Waals surface area contributed by atoms with Crippen molar-refractivity contribution in [3.05, 3.63) is 26.7 Å². The normalized spacial score (nSPS) is 17.6. The number of carbonyl (C=O) groups excluding carboxylic acids is 1. The monoisotopic (exact) mass is 351 g/mol. The van der Waals surface area contributed by atoms with Crippen LogP contribution >= 0.6 is 22.9 Å². The van der Waals surface area contributed by atoms with Crippen molar-refractivity contribution in [2.24, 2.45) is 5.92 Å². The van der Waals surface area contributed by atoms with Gasteiger partial charge in [-0.1, -0.05) is 11.4 Å². The van der Waals surface area contributed by atoms with E-state index in [4.69, 9.17) is 0 Å². The van der Waals surface area contributed by atoms with Gasteiger partial charge in [-0.05, 0) is 50.3 Å². The van der Waals surface area contributed by atoms with Gasteiger partial charge >= 0.3 is 0 Å². The average Bonchev–Trinajstić information content (AvgIpc) is 3.28. The highest BCUT2D eigenvalue weighted by atomic mass is 32.1. The van der Waals surface area contributed by atoms with Gasteiger partial charge in [0.05, 0.1) is 23.4 Å². The molecular weight excluding hydrogens is 330 g/mol. The molecule has 0 saturated carbocycles. The van der Waals surface area contributed by atoms with Gasteiger partial charge in [-0.15, -0.1) is 16.4 Å². The molecule has 23 heavy (non-hydrogen) atoms. The van der Waals surface area contributed by atoms with Crippen LogP contribution in [0.2, 0.25) is 0 Å². The van der Waals surface area contributed by atoms with Crippen molar-refractivity contribution in [2.75, 3.05) is 19.6 Å². The zero-order valence-electron chi connectivity index (χ0n) is 13.4. The fourth-order valence-electron chi connectivity index (χ4n) is 2.80. The summed E-state index contributed by atoms with van der Waals surface area (Å²) in [6.45, 7) is 7.40. The largest absolute Gasteiger partial charge is 0.332 e. The number of amides is 1. The highest BCUT2D eigenvalue weighted by molar-refractivity contribution is 7.09. The van der Waals surface area contributed by atoms with Crippen molar-refractivity contribution in [3.8, 4) is 0 Å². The molecule has 2 aromatic rings. The summed E-state index contributed by atoms with van der Waals surface area (Å²) in [7, 11) is 0. The zero-order valence-corrected chi connectivity index (χ0v) is 15.0. The summed E-state index contributed by atoms with van der Waals surface area (Å²) in [6, 6.07) is 0. The average molecular weight is 352 g/mol. The molecule has 1 saturated heterocycles. The van der Waals surface area contributed by atoms with E-state index in [1.807, 2.05) is 24.3 Å². The Labute approximate surface area is 144 Å². The van der Waals surface area contributed by atoms with Crippen LogP contribution in [0, 0.1) is 12.8 Å². The number of rotatable bonds is 6.